The molecule has 116 valence electrons. The Balaban J connectivity index is 1.76. The summed E-state index contributed by atoms with van der Waals surface area (Å²) in [4.78, 5) is 4.42. The van der Waals surface area contributed by atoms with E-state index < -0.39 is 18.3 Å². The summed E-state index contributed by atoms with van der Waals surface area (Å²) >= 11 is 0. The van der Waals surface area contributed by atoms with Crippen LogP contribution in [-0.2, 0) is 12.8 Å². The molecule has 3 nitrogen and oxygen atoms in total. The molecule has 1 N–H and O–H groups in total. The van der Waals surface area contributed by atoms with Crippen molar-refractivity contribution in [2.24, 2.45) is 0 Å². The standard InChI is InChI=1S/C15H19F3N2O/c16-15(17,18)14-9-13(2-1-11(14)10-21)20-7-5-19(6-8-20)12-3-4-12/h1-2,9,12,21H,3-8,10H2. The Hall–Kier alpha value is -1.27. The van der Waals surface area contributed by atoms with Crippen molar-refractivity contribution in [3.63, 3.8) is 0 Å². The first kappa shape index (κ1) is 14.7. The number of hydrogen-bond donors (Lipinski definition) is 1. The van der Waals surface area contributed by atoms with Gasteiger partial charge in [0.2, 0.25) is 0 Å². The Morgan fingerprint density at radius 3 is 2.29 bits per heavy atom. The van der Waals surface area contributed by atoms with E-state index in [2.05, 4.69) is 4.90 Å². The van der Waals surface area contributed by atoms with Crippen LogP contribution in [0, 0.1) is 0 Å². The van der Waals surface area contributed by atoms with Crippen molar-refractivity contribution in [1.29, 1.82) is 0 Å². The Kier molecular flexibility index (Phi) is 3.84. The van der Waals surface area contributed by atoms with Crippen LogP contribution in [0.5, 0.6) is 0 Å². The number of aliphatic hydroxyl groups excluding tert-OH is 1. The average molecular weight is 300 g/mol. The number of halogens is 3. The molecule has 1 saturated heterocycles. The van der Waals surface area contributed by atoms with Gasteiger partial charge in [0.25, 0.3) is 0 Å². The summed E-state index contributed by atoms with van der Waals surface area (Å²) < 4.78 is 39.1. The predicted octanol–water partition coefficient (Wildman–Crippen LogP) is 2.48. The summed E-state index contributed by atoms with van der Waals surface area (Å²) in [6.45, 7) is 2.74. The second-order valence-corrected chi connectivity index (χ2v) is 5.75. The zero-order valence-corrected chi connectivity index (χ0v) is 11.7. The molecule has 2 fully saturated rings. The molecule has 0 atom stereocenters. The normalized spacial score (nSPS) is 20.9. The molecule has 0 unspecified atom stereocenters. The van der Waals surface area contributed by atoms with Crippen LogP contribution in [-0.4, -0.2) is 42.2 Å². The zero-order chi connectivity index (χ0) is 15.0. The lowest BCUT2D eigenvalue weighted by molar-refractivity contribution is -0.138. The maximum absolute atomic E-state index is 13.0. The molecule has 21 heavy (non-hydrogen) atoms. The maximum atomic E-state index is 13.0. The van der Waals surface area contributed by atoms with Crippen LogP contribution in [0.3, 0.4) is 0 Å². The van der Waals surface area contributed by atoms with Crippen LogP contribution in [0.25, 0.3) is 0 Å². The van der Waals surface area contributed by atoms with Gasteiger partial charge in [0.05, 0.1) is 12.2 Å². The van der Waals surface area contributed by atoms with E-state index >= 15 is 0 Å². The third-order valence-electron chi connectivity index (χ3n) is 4.31. The molecule has 6 heteroatoms. The Morgan fingerprint density at radius 1 is 1.10 bits per heavy atom. The molecule has 0 amide bonds. The number of piperazine rings is 1. The second-order valence-electron chi connectivity index (χ2n) is 5.75. The van der Waals surface area contributed by atoms with Gasteiger partial charge in [0.1, 0.15) is 0 Å². The summed E-state index contributed by atoms with van der Waals surface area (Å²) in [7, 11) is 0. The van der Waals surface area contributed by atoms with Crippen molar-refractivity contribution in [2.45, 2.75) is 31.7 Å². The molecule has 1 heterocycles. The molecule has 0 aromatic heterocycles. The van der Waals surface area contributed by atoms with Crippen molar-refractivity contribution in [1.82, 2.24) is 4.90 Å². The largest absolute Gasteiger partial charge is 0.416 e. The Morgan fingerprint density at radius 2 is 1.76 bits per heavy atom. The highest BCUT2D eigenvalue weighted by atomic mass is 19.4. The summed E-state index contributed by atoms with van der Waals surface area (Å²) in [6, 6.07) is 4.92. The number of rotatable bonds is 3. The lowest BCUT2D eigenvalue weighted by Crippen LogP contribution is -2.47. The smallest absolute Gasteiger partial charge is 0.392 e. The van der Waals surface area contributed by atoms with E-state index in [1.807, 2.05) is 4.90 Å². The minimum Gasteiger partial charge on any atom is -0.392 e. The molecule has 1 saturated carbocycles. The first-order valence-electron chi connectivity index (χ1n) is 7.29. The molecule has 1 aliphatic heterocycles. The fourth-order valence-corrected chi connectivity index (χ4v) is 2.95. The van der Waals surface area contributed by atoms with Crippen LogP contribution in [0.2, 0.25) is 0 Å². The molecular formula is C15H19F3N2O. The van der Waals surface area contributed by atoms with Crippen molar-refractivity contribution in [3.8, 4) is 0 Å². The fraction of sp³-hybridized carbons (Fsp3) is 0.600. The van der Waals surface area contributed by atoms with Crippen LogP contribution >= 0.6 is 0 Å². The van der Waals surface area contributed by atoms with Crippen LogP contribution < -0.4 is 4.90 Å². The summed E-state index contributed by atoms with van der Waals surface area (Å²) in [5.74, 6) is 0. The summed E-state index contributed by atoms with van der Waals surface area (Å²) in [6.07, 6.45) is -1.92. The van der Waals surface area contributed by atoms with Crippen molar-refractivity contribution in [2.75, 3.05) is 31.1 Å². The molecule has 0 bridgehead atoms. The van der Waals surface area contributed by atoms with Gasteiger partial charge in [-0.25, -0.2) is 0 Å². The first-order valence-corrected chi connectivity index (χ1v) is 7.29. The van der Waals surface area contributed by atoms with Gasteiger partial charge in [0, 0.05) is 37.9 Å². The number of benzene rings is 1. The highest BCUT2D eigenvalue weighted by Crippen LogP contribution is 2.35. The van der Waals surface area contributed by atoms with Crippen molar-refractivity contribution in [3.05, 3.63) is 29.3 Å². The second kappa shape index (κ2) is 5.50. The number of anilines is 1. The zero-order valence-electron chi connectivity index (χ0n) is 11.7. The minimum absolute atomic E-state index is 0.0668. The van der Waals surface area contributed by atoms with E-state index in [0.29, 0.717) is 11.7 Å². The lowest BCUT2D eigenvalue weighted by Gasteiger charge is -2.36. The molecule has 1 aromatic rings. The van der Waals surface area contributed by atoms with Gasteiger partial charge in [0.15, 0.2) is 0 Å². The van der Waals surface area contributed by atoms with Crippen molar-refractivity contribution >= 4 is 5.69 Å². The highest BCUT2D eigenvalue weighted by molar-refractivity contribution is 5.52. The average Bonchev–Trinajstić information content (AvgIpc) is 3.30. The number of nitrogens with zero attached hydrogens (tertiary/aromatic N) is 2. The maximum Gasteiger partial charge on any atom is 0.416 e. The molecule has 1 aliphatic carbocycles. The SMILES string of the molecule is OCc1ccc(N2CCN(C3CC3)CC2)cc1C(F)(F)F. The van der Waals surface area contributed by atoms with E-state index in [4.69, 9.17) is 5.11 Å². The highest BCUT2D eigenvalue weighted by Gasteiger charge is 2.35. The molecule has 2 aliphatic rings. The van der Waals surface area contributed by atoms with E-state index in [0.717, 1.165) is 26.2 Å². The molecule has 0 spiro atoms. The van der Waals surface area contributed by atoms with Gasteiger partial charge < -0.3 is 10.0 Å². The van der Waals surface area contributed by atoms with Gasteiger partial charge in [-0.2, -0.15) is 13.2 Å². The topological polar surface area (TPSA) is 26.7 Å². The summed E-state index contributed by atoms with van der Waals surface area (Å²) in [5, 5.41) is 9.07. The number of hydrogen-bond acceptors (Lipinski definition) is 3. The van der Waals surface area contributed by atoms with Gasteiger partial charge in [-0.1, -0.05) is 6.07 Å². The monoisotopic (exact) mass is 300 g/mol. The number of aliphatic hydroxyl groups is 1. The molecule has 3 rings (SSSR count). The third-order valence-corrected chi connectivity index (χ3v) is 4.31. The third kappa shape index (κ3) is 3.16. The van der Waals surface area contributed by atoms with Crippen molar-refractivity contribution < 1.29 is 18.3 Å². The van der Waals surface area contributed by atoms with Gasteiger partial charge in [-0.05, 0) is 30.5 Å². The van der Waals surface area contributed by atoms with E-state index in [1.54, 1.807) is 6.07 Å². The van der Waals surface area contributed by atoms with Gasteiger partial charge in [-0.3, -0.25) is 4.90 Å². The van der Waals surface area contributed by atoms with Gasteiger partial charge in [-0.15, -0.1) is 0 Å². The van der Waals surface area contributed by atoms with Crippen LogP contribution in [0.1, 0.15) is 24.0 Å². The van der Waals surface area contributed by atoms with Gasteiger partial charge >= 0.3 is 6.18 Å². The predicted molar refractivity (Wildman–Crippen MR) is 74.2 cm³/mol. The Bertz CT molecular complexity index is 506. The van der Waals surface area contributed by atoms with Crippen LogP contribution in [0.4, 0.5) is 18.9 Å². The fourth-order valence-electron chi connectivity index (χ4n) is 2.95. The molecular weight excluding hydrogens is 281 g/mol. The summed E-state index contributed by atoms with van der Waals surface area (Å²) in [5.41, 5.74) is -0.204. The quantitative estimate of drug-likeness (QED) is 0.929. The molecule has 0 radical (unpaired) electrons. The van der Waals surface area contributed by atoms with E-state index in [9.17, 15) is 13.2 Å². The molecule has 1 aromatic carbocycles. The minimum atomic E-state index is -4.43. The Labute approximate surface area is 122 Å². The first-order chi connectivity index (χ1) is 9.99. The number of alkyl halides is 3. The van der Waals surface area contributed by atoms with Crippen LogP contribution in [0.15, 0.2) is 18.2 Å². The van der Waals surface area contributed by atoms with E-state index in [1.165, 1.54) is 25.0 Å². The lowest BCUT2D eigenvalue weighted by atomic mass is 10.1. The van der Waals surface area contributed by atoms with E-state index in [-0.39, 0.29) is 5.56 Å².